The van der Waals surface area contributed by atoms with Gasteiger partial charge in [0.1, 0.15) is 17.3 Å². The Hall–Kier alpha value is -3.24. The molecule has 1 aromatic heterocycles. The van der Waals surface area contributed by atoms with Gasteiger partial charge in [-0.3, -0.25) is 0 Å². The standard InChI is InChI=1S/C19H13FN2O3S/c1-25-18-11-8-15(20)13-14(18)7-9-16-10-12-19(22-21-16)26(23,24)17-5-3-2-4-6-17/h2-6,8,10-13H,1H3. The monoisotopic (exact) mass is 368 g/mol. The van der Waals surface area contributed by atoms with Crippen molar-refractivity contribution in [1.29, 1.82) is 0 Å². The predicted octanol–water partition coefficient (Wildman–Crippen LogP) is 2.86. The molecule has 0 spiro atoms. The van der Waals surface area contributed by atoms with Crippen molar-refractivity contribution in [2.24, 2.45) is 0 Å². The average molecular weight is 368 g/mol. The number of methoxy groups -OCH3 is 1. The zero-order chi connectivity index (χ0) is 18.6. The van der Waals surface area contributed by atoms with Crippen LogP contribution in [-0.4, -0.2) is 25.7 Å². The Balaban J connectivity index is 1.90. The van der Waals surface area contributed by atoms with Gasteiger partial charge >= 0.3 is 0 Å². The van der Waals surface area contributed by atoms with Crippen LogP contribution >= 0.6 is 0 Å². The van der Waals surface area contributed by atoms with Gasteiger partial charge in [0.25, 0.3) is 0 Å². The van der Waals surface area contributed by atoms with Gasteiger partial charge in [-0.1, -0.05) is 24.1 Å². The van der Waals surface area contributed by atoms with Gasteiger partial charge in [-0.25, -0.2) is 12.8 Å². The molecule has 0 saturated carbocycles. The van der Waals surface area contributed by atoms with Crippen LogP contribution in [0.15, 0.2) is 70.6 Å². The summed E-state index contributed by atoms with van der Waals surface area (Å²) in [5.74, 6) is 5.45. The molecule has 0 bridgehead atoms. The van der Waals surface area contributed by atoms with Crippen LogP contribution in [0.3, 0.4) is 0 Å². The Morgan fingerprint density at radius 3 is 2.38 bits per heavy atom. The third-order valence-corrected chi connectivity index (χ3v) is 5.12. The molecule has 130 valence electrons. The van der Waals surface area contributed by atoms with Crippen molar-refractivity contribution >= 4 is 9.84 Å². The van der Waals surface area contributed by atoms with Crippen molar-refractivity contribution in [1.82, 2.24) is 10.2 Å². The van der Waals surface area contributed by atoms with Gasteiger partial charge in [0, 0.05) is 0 Å². The first kappa shape index (κ1) is 17.6. The van der Waals surface area contributed by atoms with E-state index in [4.69, 9.17) is 4.74 Å². The van der Waals surface area contributed by atoms with Crippen molar-refractivity contribution in [3.05, 3.63) is 77.7 Å². The summed E-state index contributed by atoms with van der Waals surface area (Å²) < 4.78 is 43.4. The third-order valence-electron chi connectivity index (χ3n) is 3.46. The average Bonchev–Trinajstić information content (AvgIpc) is 2.67. The fraction of sp³-hybridized carbons (Fsp3) is 0.0526. The number of ether oxygens (including phenoxy) is 1. The Labute approximate surface area is 150 Å². The number of hydrogen-bond acceptors (Lipinski definition) is 5. The smallest absolute Gasteiger partial charge is 0.225 e. The molecule has 3 rings (SSSR count). The summed E-state index contributed by atoms with van der Waals surface area (Å²) in [5, 5.41) is 7.41. The third kappa shape index (κ3) is 3.71. The maximum atomic E-state index is 13.3. The molecule has 0 unspecified atom stereocenters. The van der Waals surface area contributed by atoms with E-state index in [1.165, 1.54) is 49.6 Å². The second kappa shape index (κ2) is 7.33. The SMILES string of the molecule is COc1ccc(F)cc1C#Cc1ccc(S(=O)(=O)c2ccccc2)nn1. The summed E-state index contributed by atoms with van der Waals surface area (Å²) in [4.78, 5) is 0.137. The summed E-state index contributed by atoms with van der Waals surface area (Å²) in [5.41, 5.74) is 0.610. The van der Waals surface area contributed by atoms with Crippen LogP contribution in [0.2, 0.25) is 0 Å². The first-order chi connectivity index (χ1) is 12.5. The normalized spacial score (nSPS) is 10.7. The lowest BCUT2D eigenvalue weighted by molar-refractivity contribution is 0.412. The molecule has 26 heavy (non-hydrogen) atoms. The first-order valence-corrected chi connectivity index (χ1v) is 8.98. The van der Waals surface area contributed by atoms with E-state index in [0.717, 1.165) is 0 Å². The Bertz CT molecular complexity index is 1090. The van der Waals surface area contributed by atoms with Crippen LogP contribution in [0.1, 0.15) is 11.3 Å². The van der Waals surface area contributed by atoms with Gasteiger partial charge in [0.2, 0.25) is 9.84 Å². The number of rotatable bonds is 3. The second-order valence-corrected chi connectivity index (χ2v) is 7.06. The molecule has 0 fully saturated rings. The van der Waals surface area contributed by atoms with E-state index in [-0.39, 0.29) is 15.6 Å². The maximum Gasteiger partial charge on any atom is 0.225 e. The van der Waals surface area contributed by atoms with Gasteiger partial charge < -0.3 is 4.74 Å². The minimum atomic E-state index is -3.73. The molecule has 0 aliphatic heterocycles. The number of halogens is 1. The molecule has 7 heteroatoms. The minimum Gasteiger partial charge on any atom is -0.495 e. The van der Waals surface area contributed by atoms with Crippen LogP contribution in [0.25, 0.3) is 0 Å². The van der Waals surface area contributed by atoms with E-state index in [1.807, 2.05) is 0 Å². The van der Waals surface area contributed by atoms with Crippen molar-refractivity contribution in [2.75, 3.05) is 7.11 Å². The van der Waals surface area contributed by atoms with Gasteiger partial charge in [-0.15, -0.1) is 10.2 Å². The molecule has 0 amide bonds. The number of hydrogen-bond donors (Lipinski definition) is 0. The highest BCUT2D eigenvalue weighted by Gasteiger charge is 2.19. The van der Waals surface area contributed by atoms with Crippen molar-refractivity contribution < 1.29 is 17.5 Å². The molecule has 2 aromatic carbocycles. The second-order valence-electron chi connectivity index (χ2n) is 5.17. The number of aromatic nitrogens is 2. The number of sulfone groups is 1. The lowest BCUT2D eigenvalue weighted by Crippen LogP contribution is -2.05. The zero-order valence-electron chi connectivity index (χ0n) is 13.7. The first-order valence-electron chi connectivity index (χ1n) is 7.50. The van der Waals surface area contributed by atoms with E-state index in [0.29, 0.717) is 11.3 Å². The van der Waals surface area contributed by atoms with Crippen molar-refractivity contribution in [3.8, 4) is 17.6 Å². The zero-order valence-corrected chi connectivity index (χ0v) is 14.5. The highest BCUT2D eigenvalue weighted by atomic mass is 32.2. The molecule has 0 N–H and O–H groups in total. The van der Waals surface area contributed by atoms with Gasteiger partial charge in [0.05, 0.1) is 17.6 Å². The Morgan fingerprint density at radius 2 is 1.73 bits per heavy atom. The van der Waals surface area contributed by atoms with Crippen LogP contribution in [-0.2, 0) is 9.84 Å². The highest BCUT2D eigenvalue weighted by molar-refractivity contribution is 7.91. The summed E-state index contributed by atoms with van der Waals surface area (Å²) in [7, 11) is -2.27. The molecular formula is C19H13FN2O3S. The lowest BCUT2D eigenvalue weighted by atomic mass is 10.2. The molecule has 0 saturated heterocycles. The molecule has 1 heterocycles. The van der Waals surface area contributed by atoms with Crippen LogP contribution in [0, 0.1) is 17.7 Å². The fourth-order valence-corrected chi connectivity index (χ4v) is 3.31. The number of benzene rings is 2. The summed E-state index contributed by atoms with van der Waals surface area (Å²) in [6, 6.07) is 14.7. The molecular weight excluding hydrogens is 355 g/mol. The molecule has 0 atom stereocenters. The summed E-state index contributed by atoms with van der Waals surface area (Å²) in [6.45, 7) is 0. The molecule has 5 nitrogen and oxygen atoms in total. The minimum absolute atomic E-state index is 0.137. The summed E-state index contributed by atoms with van der Waals surface area (Å²) in [6.07, 6.45) is 0. The molecule has 0 aliphatic carbocycles. The van der Waals surface area contributed by atoms with Crippen molar-refractivity contribution in [3.63, 3.8) is 0 Å². The highest BCUT2D eigenvalue weighted by Crippen LogP contribution is 2.19. The fourth-order valence-electron chi connectivity index (χ4n) is 2.16. The van der Waals surface area contributed by atoms with Crippen LogP contribution in [0.4, 0.5) is 4.39 Å². The largest absolute Gasteiger partial charge is 0.495 e. The number of nitrogens with zero attached hydrogens (tertiary/aromatic N) is 2. The van der Waals surface area contributed by atoms with Gasteiger partial charge in [0.15, 0.2) is 5.03 Å². The molecule has 3 aromatic rings. The summed E-state index contributed by atoms with van der Waals surface area (Å²) >= 11 is 0. The van der Waals surface area contributed by atoms with Gasteiger partial charge in [-0.05, 0) is 48.4 Å². The van der Waals surface area contributed by atoms with E-state index in [9.17, 15) is 12.8 Å². The van der Waals surface area contributed by atoms with Crippen LogP contribution in [0.5, 0.6) is 5.75 Å². The Morgan fingerprint density at radius 1 is 0.962 bits per heavy atom. The van der Waals surface area contributed by atoms with E-state index in [1.54, 1.807) is 18.2 Å². The quantitative estimate of drug-likeness (QED) is 0.665. The lowest BCUT2D eigenvalue weighted by Gasteiger charge is -2.03. The van der Waals surface area contributed by atoms with Gasteiger partial charge in [-0.2, -0.15) is 0 Å². The van der Waals surface area contributed by atoms with E-state index in [2.05, 4.69) is 22.0 Å². The van der Waals surface area contributed by atoms with Crippen LogP contribution < -0.4 is 4.74 Å². The Kier molecular flexibility index (Phi) is 4.96. The molecule has 0 radical (unpaired) electrons. The maximum absolute atomic E-state index is 13.3. The molecule has 0 aliphatic rings. The van der Waals surface area contributed by atoms with E-state index >= 15 is 0 Å². The topological polar surface area (TPSA) is 69.2 Å². The predicted molar refractivity (Wildman–Crippen MR) is 92.9 cm³/mol. The van der Waals surface area contributed by atoms with E-state index < -0.39 is 15.7 Å². The van der Waals surface area contributed by atoms with Crippen molar-refractivity contribution in [2.45, 2.75) is 9.92 Å².